The first-order chi connectivity index (χ1) is 8.93. The molecule has 0 spiro atoms. The fourth-order valence-corrected chi connectivity index (χ4v) is 2.60. The van der Waals surface area contributed by atoms with E-state index in [2.05, 4.69) is 10.3 Å². The van der Waals surface area contributed by atoms with Crippen LogP contribution in [-0.4, -0.2) is 28.0 Å². The van der Waals surface area contributed by atoms with Crippen LogP contribution in [-0.2, 0) is 16.0 Å². The molecule has 0 saturated heterocycles. The molecule has 2 rings (SSSR count). The van der Waals surface area contributed by atoms with Gasteiger partial charge in [-0.05, 0) is 39.5 Å². The van der Waals surface area contributed by atoms with E-state index in [-0.39, 0.29) is 11.9 Å². The van der Waals surface area contributed by atoms with E-state index < -0.39 is 11.4 Å². The number of rotatable bonds is 6. The van der Waals surface area contributed by atoms with Gasteiger partial charge in [0, 0.05) is 10.9 Å². The summed E-state index contributed by atoms with van der Waals surface area (Å²) in [4.78, 5) is 28.7. The number of nitrogens with zero attached hydrogens (tertiary/aromatic N) is 1. The lowest BCUT2D eigenvalue weighted by Crippen LogP contribution is -2.45. The Morgan fingerprint density at radius 1 is 1.58 bits per heavy atom. The van der Waals surface area contributed by atoms with Crippen molar-refractivity contribution in [1.29, 1.82) is 0 Å². The molecule has 1 fully saturated rings. The normalized spacial score (nSPS) is 17.8. The molecule has 1 unspecified atom stereocenters. The summed E-state index contributed by atoms with van der Waals surface area (Å²) < 4.78 is 0. The van der Waals surface area contributed by atoms with Crippen molar-refractivity contribution in [3.05, 3.63) is 16.1 Å². The van der Waals surface area contributed by atoms with E-state index in [9.17, 15) is 14.7 Å². The fraction of sp³-hybridized carbons (Fsp3) is 0.615. The van der Waals surface area contributed by atoms with E-state index in [1.165, 1.54) is 18.3 Å². The van der Waals surface area contributed by atoms with Gasteiger partial charge in [-0.3, -0.25) is 9.59 Å². The van der Waals surface area contributed by atoms with Crippen molar-refractivity contribution in [3.8, 4) is 0 Å². The number of nitrogens with one attached hydrogen (secondary N) is 1. The number of amides is 1. The number of carbonyl (C=O) groups excluding carboxylic acids is 1. The van der Waals surface area contributed by atoms with E-state index in [1.807, 2.05) is 6.92 Å². The number of carbonyl (C=O) groups is 2. The average molecular weight is 282 g/mol. The number of carboxylic acids is 1. The van der Waals surface area contributed by atoms with Gasteiger partial charge < -0.3 is 10.4 Å². The Kier molecular flexibility index (Phi) is 3.89. The summed E-state index contributed by atoms with van der Waals surface area (Å²) in [6.45, 7) is 3.40. The van der Waals surface area contributed by atoms with Gasteiger partial charge in [-0.1, -0.05) is 0 Å². The number of aliphatic carboxylic acids is 1. The Balaban J connectivity index is 2.03. The van der Waals surface area contributed by atoms with Crippen molar-refractivity contribution in [2.24, 2.45) is 5.41 Å². The summed E-state index contributed by atoms with van der Waals surface area (Å²) in [7, 11) is 0. The number of thiazole rings is 1. The highest BCUT2D eigenvalue weighted by atomic mass is 32.1. The van der Waals surface area contributed by atoms with E-state index >= 15 is 0 Å². The highest BCUT2D eigenvalue weighted by Crippen LogP contribution is 2.29. The van der Waals surface area contributed by atoms with Crippen LogP contribution in [0.3, 0.4) is 0 Å². The summed E-state index contributed by atoms with van der Waals surface area (Å²) in [6.07, 6.45) is 2.77. The van der Waals surface area contributed by atoms with Crippen molar-refractivity contribution in [2.45, 2.75) is 45.6 Å². The molecule has 0 radical (unpaired) electrons. The molecule has 1 heterocycles. The number of aryl methyl sites for hydroxylation is 2. The molecule has 6 heteroatoms. The summed E-state index contributed by atoms with van der Waals surface area (Å²) >= 11 is 1.50. The zero-order valence-electron chi connectivity index (χ0n) is 11.1. The molecule has 2 N–H and O–H groups in total. The minimum Gasteiger partial charge on any atom is -0.480 e. The summed E-state index contributed by atoms with van der Waals surface area (Å²) in [5, 5.41) is 12.1. The molecule has 1 aromatic heterocycles. The minimum absolute atomic E-state index is 0.177. The molecule has 19 heavy (non-hydrogen) atoms. The van der Waals surface area contributed by atoms with Crippen molar-refractivity contribution in [2.75, 3.05) is 0 Å². The van der Waals surface area contributed by atoms with E-state index in [4.69, 9.17) is 0 Å². The van der Waals surface area contributed by atoms with Gasteiger partial charge in [-0.25, -0.2) is 4.98 Å². The molecule has 1 atom stereocenters. The Morgan fingerprint density at radius 2 is 2.26 bits per heavy atom. The maximum absolute atomic E-state index is 12.1. The predicted octanol–water partition coefficient (Wildman–Crippen LogP) is 1.75. The second kappa shape index (κ2) is 5.28. The van der Waals surface area contributed by atoms with Gasteiger partial charge in [0.1, 0.15) is 5.41 Å². The SMILES string of the molecule is Cc1ncsc1CCC(C)(C(=O)O)C(=O)NC1CC1. The number of hydrogen-bond acceptors (Lipinski definition) is 4. The number of aromatic nitrogens is 1. The van der Waals surface area contributed by atoms with Crippen LogP contribution >= 0.6 is 11.3 Å². The van der Waals surface area contributed by atoms with Gasteiger partial charge in [0.05, 0.1) is 11.2 Å². The Hall–Kier alpha value is -1.43. The Bertz CT molecular complexity index is 496. The molecule has 0 bridgehead atoms. The van der Waals surface area contributed by atoms with Crippen molar-refractivity contribution < 1.29 is 14.7 Å². The number of carboxylic acid groups (broad SMARTS) is 1. The average Bonchev–Trinajstić information content (AvgIpc) is 3.07. The van der Waals surface area contributed by atoms with Crippen LogP contribution in [0.25, 0.3) is 0 Å². The van der Waals surface area contributed by atoms with Crippen LogP contribution in [0, 0.1) is 12.3 Å². The third-order valence-electron chi connectivity index (χ3n) is 3.58. The summed E-state index contributed by atoms with van der Waals surface area (Å²) in [5.41, 5.74) is 1.30. The van der Waals surface area contributed by atoms with Crippen molar-refractivity contribution in [3.63, 3.8) is 0 Å². The molecule has 1 aliphatic rings. The van der Waals surface area contributed by atoms with Crippen LogP contribution < -0.4 is 5.32 Å². The van der Waals surface area contributed by atoms with Crippen molar-refractivity contribution >= 4 is 23.2 Å². The maximum atomic E-state index is 12.1. The predicted molar refractivity (Wildman–Crippen MR) is 72.1 cm³/mol. The van der Waals surface area contributed by atoms with Crippen LogP contribution in [0.5, 0.6) is 0 Å². The third kappa shape index (κ3) is 3.12. The Morgan fingerprint density at radius 3 is 2.74 bits per heavy atom. The third-order valence-corrected chi connectivity index (χ3v) is 4.58. The highest BCUT2D eigenvalue weighted by molar-refractivity contribution is 7.09. The molecule has 0 aromatic carbocycles. The fourth-order valence-electron chi connectivity index (χ4n) is 1.82. The highest BCUT2D eigenvalue weighted by Gasteiger charge is 2.42. The molecule has 1 aliphatic carbocycles. The van der Waals surface area contributed by atoms with Gasteiger partial charge in [0.25, 0.3) is 0 Å². The van der Waals surface area contributed by atoms with Gasteiger partial charge in [-0.2, -0.15) is 0 Å². The number of hydrogen-bond donors (Lipinski definition) is 2. The molecule has 1 aromatic rings. The quantitative estimate of drug-likeness (QED) is 0.779. The van der Waals surface area contributed by atoms with Gasteiger partial charge in [-0.15, -0.1) is 11.3 Å². The van der Waals surface area contributed by atoms with Crippen LogP contribution in [0.1, 0.15) is 36.8 Å². The lowest BCUT2D eigenvalue weighted by molar-refractivity contribution is -0.155. The van der Waals surface area contributed by atoms with E-state index in [0.717, 1.165) is 23.4 Å². The first kappa shape index (κ1) is 14.0. The molecular formula is C13H18N2O3S. The molecule has 0 aliphatic heterocycles. The molecule has 1 saturated carbocycles. The van der Waals surface area contributed by atoms with Gasteiger partial charge >= 0.3 is 5.97 Å². The maximum Gasteiger partial charge on any atom is 0.318 e. The summed E-state index contributed by atoms with van der Waals surface area (Å²) in [6, 6.07) is 0.177. The molecule has 104 valence electrons. The second-order valence-corrected chi connectivity index (χ2v) is 6.19. The topological polar surface area (TPSA) is 79.3 Å². The van der Waals surface area contributed by atoms with Crippen LogP contribution in [0.4, 0.5) is 0 Å². The first-order valence-corrected chi connectivity index (χ1v) is 7.25. The van der Waals surface area contributed by atoms with E-state index in [1.54, 1.807) is 5.51 Å². The second-order valence-electron chi connectivity index (χ2n) is 5.25. The largest absolute Gasteiger partial charge is 0.480 e. The zero-order chi connectivity index (χ0) is 14.0. The lowest BCUT2D eigenvalue weighted by atomic mass is 9.84. The van der Waals surface area contributed by atoms with Crippen LogP contribution in [0.15, 0.2) is 5.51 Å². The molecule has 5 nitrogen and oxygen atoms in total. The summed E-state index contributed by atoms with van der Waals surface area (Å²) in [5.74, 6) is -1.43. The smallest absolute Gasteiger partial charge is 0.318 e. The first-order valence-electron chi connectivity index (χ1n) is 6.37. The van der Waals surface area contributed by atoms with Crippen molar-refractivity contribution in [1.82, 2.24) is 10.3 Å². The minimum atomic E-state index is -1.36. The van der Waals surface area contributed by atoms with Crippen LogP contribution in [0.2, 0.25) is 0 Å². The van der Waals surface area contributed by atoms with E-state index in [0.29, 0.717) is 12.8 Å². The van der Waals surface area contributed by atoms with Gasteiger partial charge in [0.2, 0.25) is 5.91 Å². The monoisotopic (exact) mass is 282 g/mol. The zero-order valence-corrected chi connectivity index (χ0v) is 11.9. The Labute approximate surface area is 116 Å². The lowest BCUT2D eigenvalue weighted by Gasteiger charge is -2.23. The molecule has 1 amide bonds. The standard InChI is InChI=1S/C13H18N2O3S/c1-8-10(19-7-14-8)5-6-13(2,12(17)18)11(16)15-9-3-4-9/h7,9H,3-6H2,1-2H3,(H,15,16)(H,17,18). The van der Waals surface area contributed by atoms with Gasteiger partial charge in [0.15, 0.2) is 0 Å². The molecular weight excluding hydrogens is 264 g/mol.